The average Bonchev–Trinajstić information content (AvgIpc) is 2.16. The molecule has 0 aromatic carbocycles. The predicted molar refractivity (Wildman–Crippen MR) is 64.3 cm³/mol. The number of rotatable bonds is 4. The fraction of sp³-hybridized carbons (Fsp3) is 0.500. The zero-order valence-electron chi connectivity index (χ0n) is 10.1. The van der Waals surface area contributed by atoms with E-state index in [0.29, 0.717) is 11.8 Å². The molecule has 0 aliphatic heterocycles. The second kappa shape index (κ2) is 4.84. The summed E-state index contributed by atoms with van der Waals surface area (Å²) in [6.07, 6.45) is 7.10. The molecule has 0 saturated heterocycles. The maximum atomic E-state index is 5.46. The van der Waals surface area contributed by atoms with Crippen molar-refractivity contribution in [1.82, 2.24) is 9.97 Å². The standard InChI is InChI=1S/C12H17N3O/c1-6-12(4,5)15-11-13-8-7-10(14-11)16-9(2)3/h1,7-9H,2-5H3,(H,13,14,15). The van der Waals surface area contributed by atoms with Crippen LogP contribution in [0.5, 0.6) is 5.88 Å². The molecule has 0 aliphatic carbocycles. The number of aromatic nitrogens is 2. The summed E-state index contributed by atoms with van der Waals surface area (Å²) < 4.78 is 5.46. The lowest BCUT2D eigenvalue weighted by Crippen LogP contribution is -2.29. The van der Waals surface area contributed by atoms with Crippen molar-refractivity contribution in [1.29, 1.82) is 0 Å². The van der Waals surface area contributed by atoms with Crippen LogP contribution in [0.3, 0.4) is 0 Å². The van der Waals surface area contributed by atoms with Crippen molar-refractivity contribution in [2.24, 2.45) is 0 Å². The summed E-state index contributed by atoms with van der Waals surface area (Å²) in [4.78, 5) is 8.29. The van der Waals surface area contributed by atoms with Gasteiger partial charge in [-0.2, -0.15) is 4.98 Å². The highest BCUT2D eigenvalue weighted by molar-refractivity contribution is 5.35. The molecule has 0 radical (unpaired) electrons. The first-order valence-electron chi connectivity index (χ1n) is 5.18. The molecule has 0 amide bonds. The number of anilines is 1. The zero-order chi connectivity index (χ0) is 12.2. The minimum absolute atomic E-state index is 0.0865. The van der Waals surface area contributed by atoms with E-state index >= 15 is 0 Å². The van der Waals surface area contributed by atoms with Crippen LogP contribution in [-0.2, 0) is 0 Å². The Morgan fingerprint density at radius 3 is 2.75 bits per heavy atom. The van der Waals surface area contributed by atoms with E-state index in [4.69, 9.17) is 11.2 Å². The molecule has 0 fully saturated rings. The normalized spacial score (nSPS) is 11.0. The largest absolute Gasteiger partial charge is 0.475 e. The van der Waals surface area contributed by atoms with Gasteiger partial charge in [0, 0.05) is 12.3 Å². The second-order valence-corrected chi connectivity index (χ2v) is 4.28. The summed E-state index contributed by atoms with van der Waals surface area (Å²) in [5, 5.41) is 3.04. The first kappa shape index (κ1) is 12.3. The van der Waals surface area contributed by atoms with Crippen LogP contribution in [0, 0.1) is 12.3 Å². The quantitative estimate of drug-likeness (QED) is 0.788. The first-order chi connectivity index (χ1) is 7.43. The Bertz CT molecular complexity index is 393. The molecular formula is C12H17N3O. The Labute approximate surface area is 96.5 Å². The predicted octanol–water partition coefficient (Wildman–Crippen LogP) is 2.09. The van der Waals surface area contributed by atoms with Crippen molar-refractivity contribution >= 4 is 5.95 Å². The molecule has 0 aliphatic rings. The number of hydrogen-bond acceptors (Lipinski definition) is 4. The highest BCUT2D eigenvalue weighted by atomic mass is 16.5. The van der Waals surface area contributed by atoms with E-state index < -0.39 is 5.54 Å². The maximum absolute atomic E-state index is 5.46. The minimum Gasteiger partial charge on any atom is -0.475 e. The van der Waals surface area contributed by atoms with E-state index in [1.165, 1.54) is 0 Å². The average molecular weight is 219 g/mol. The number of nitrogens with zero attached hydrogens (tertiary/aromatic N) is 2. The van der Waals surface area contributed by atoms with Gasteiger partial charge in [0.25, 0.3) is 0 Å². The Kier molecular flexibility index (Phi) is 3.73. The smallest absolute Gasteiger partial charge is 0.227 e. The third kappa shape index (κ3) is 3.77. The zero-order valence-corrected chi connectivity index (χ0v) is 10.1. The molecule has 1 heterocycles. The topological polar surface area (TPSA) is 47.0 Å². The van der Waals surface area contributed by atoms with Gasteiger partial charge in [-0.25, -0.2) is 4.98 Å². The lowest BCUT2D eigenvalue weighted by Gasteiger charge is -2.19. The van der Waals surface area contributed by atoms with E-state index in [0.717, 1.165) is 0 Å². The van der Waals surface area contributed by atoms with Crippen molar-refractivity contribution in [3.63, 3.8) is 0 Å². The number of terminal acetylenes is 1. The van der Waals surface area contributed by atoms with Gasteiger partial charge in [0.05, 0.1) is 11.6 Å². The number of ether oxygens (including phenoxy) is 1. The molecule has 0 unspecified atom stereocenters. The second-order valence-electron chi connectivity index (χ2n) is 4.28. The van der Waals surface area contributed by atoms with Gasteiger partial charge in [-0.15, -0.1) is 6.42 Å². The van der Waals surface area contributed by atoms with Crippen LogP contribution in [0.15, 0.2) is 12.3 Å². The monoisotopic (exact) mass is 219 g/mol. The van der Waals surface area contributed by atoms with Gasteiger partial charge in [0.1, 0.15) is 0 Å². The maximum Gasteiger partial charge on any atom is 0.227 e. The molecule has 1 aromatic heterocycles. The van der Waals surface area contributed by atoms with Crippen molar-refractivity contribution in [3.8, 4) is 18.2 Å². The highest BCUT2D eigenvalue weighted by Gasteiger charge is 2.14. The minimum atomic E-state index is -0.476. The molecule has 1 N–H and O–H groups in total. The van der Waals surface area contributed by atoms with Crippen LogP contribution in [0.25, 0.3) is 0 Å². The summed E-state index contributed by atoms with van der Waals surface area (Å²) >= 11 is 0. The molecular weight excluding hydrogens is 202 g/mol. The third-order valence-electron chi connectivity index (χ3n) is 1.77. The van der Waals surface area contributed by atoms with Gasteiger partial charge < -0.3 is 10.1 Å². The van der Waals surface area contributed by atoms with Gasteiger partial charge in [-0.1, -0.05) is 5.92 Å². The van der Waals surface area contributed by atoms with E-state index in [-0.39, 0.29) is 6.10 Å². The first-order valence-corrected chi connectivity index (χ1v) is 5.18. The lowest BCUT2D eigenvalue weighted by molar-refractivity contribution is 0.232. The van der Waals surface area contributed by atoms with E-state index in [2.05, 4.69) is 21.2 Å². The van der Waals surface area contributed by atoms with E-state index in [1.54, 1.807) is 12.3 Å². The van der Waals surface area contributed by atoms with E-state index in [1.807, 2.05) is 27.7 Å². The van der Waals surface area contributed by atoms with Gasteiger partial charge in [-0.05, 0) is 27.7 Å². The molecule has 0 saturated carbocycles. The van der Waals surface area contributed by atoms with Gasteiger partial charge in [0.15, 0.2) is 0 Å². The summed E-state index contributed by atoms with van der Waals surface area (Å²) in [5.41, 5.74) is -0.476. The number of nitrogens with one attached hydrogen (secondary N) is 1. The Balaban J connectivity index is 2.79. The summed E-state index contributed by atoms with van der Waals surface area (Å²) in [5.74, 6) is 3.63. The molecule has 0 bridgehead atoms. The summed E-state index contributed by atoms with van der Waals surface area (Å²) in [6.45, 7) is 7.65. The van der Waals surface area contributed by atoms with Crippen LogP contribution in [0.1, 0.15) is 27.7 Å². The Morgan fingerprint density at radius 2 is 2.19 bits per heavy atom. The van der Waals surface area contributed by atoms with Gasteiger partial charge >= 0.3 is 0 Å². The third-order valence-corrected chi connectivity index (χ3v) is 1.77. The molecule has 1 aromatic rings. The number of hydrogen-bond donors (Lipinski definition) is 1. The molecule has 1 rings (SSSR count). The highest BCUT2D eigenvalue weighted by Crippen LogP contribution is 2.13. The van der Waals surface area contributed by atoms with Crippen LogP contribution in [0.2, 0.25) is 0 Å². The Morgan fingerprint density at radius 1 is 1.50 bits per heavy atom. The van der Waals surface area contributed by atoms with Crippen LogP contribution < -0.4 is 10.1 Å². The molecule has 16 heavy (non-hydrogen) atoms. The van der Waals surface area contributed by atoms with Crippen molar-refractivity contribution in [3.05, 3.63) is 12.3 Å². The fourth-order valence-corrected chi connectivity index (χ4v) is 1.03. The summed E-state index contributed by atoms with van der Waals surface area (Å²) in [7, 11) is 0. The van der Waals surface area contributed by atoms with Gasteiger partial charge in [0.2, 0.25) is 11.8 Å². The van der Waals surface area contributed by atoms with Crippen molar-refractivity contribution in [2.45, 2.75) is 39.3 Å². The Hall–Kier alpha value is -1.76. The fourth-order valence-electron chi connectivity index (χ4n) is 1.03. The van der Waals surface area contributed by atoms with E-state index in [9.17, 15) is 0 Å². The van der Waals surface area contributed by atoms with Crippen LogP contribution >= 0.6 is 0 Å². The SMILES string of the molecule is C#CC(C)(C)Nc1nccc(OC(C)C)n1. The lowest BCUT2D eigenvalue weighted by atomic mass is 10.1. The molecule has 4 nitrogen and oxygen atoms in total. The molecule has 0 atom stereocenters. The molecule has 4 heteroatoms. The van der Waals surface area contributed by atoms with Gasteiger partial charge in [-0.3, -0.25) is 0 Å². The van der Waals surface area contributed by atoms with Crippen molar-refractivity contribution in [2.75, 3.05) is 5.32 Å². The van der Waals surface area contributed by atoms with Crippen molar-refractivity contribution < 1.29 is 4.74 Å². The molecule has 0 spiro atoms. The van der Waals surface area contributed by atoms with Crippen LogP contribution in [-0.4, -0.2) is 21.6 Å². The van der Waals surface area contributed by atoms with Crippen LogP contribution in [0.4, 0.5) is 5.95 Å². The summed E-state index contributed by atoms with van der Waals surface area (Å²) in [6, 6.07) is 1.72. The molecule has 86 valence electrons.